The van der Waals surface area contributed by atoms with E-state index in [1.165, 1.54) is 23.1 Å². The number of carbonyl (C=O) groups excluding carboxylic acids is 2. The average molecular weight is 373 g/mol. The Morgan fingerprint density at radius 1 is 1.28 bits per heavy atom. The third-order valence-corrected chi connectivity index (χ3v) is 5.89. The number of phenolic OH excluding ortho intramolecular Hbond substituents is 1. The minimum atomic E-state index is -0.441. The second kappa shape index (κ2) is 7.12. The number of carbonyl (C=O) groups is 2. The van der Waals surface area contributed by atoms with E-state index in [4.69, 9.17) is 5.73 Å². The largest absolute Gasteiger partial charge is 0.507 e. The first-order chi connectivity index (χ1) is 11.9. The summed E-state index contributed by atoms with van der Waals surface area (Å²) in [5, 5.41) is 14.9. The lowest BCUT2D eigenvalue weighted by Crippen LogP contribution is -2.12. The smallest absolute Gasteiger partial charge is 0.261 e. The van der Waals surface area contributed by atoms with Crippen LogP contribution in [0.1, 0.15) is 16.1 Å². The van der Waals surface area contributed by atoms with Gasteiger partial charge in [-0.05, 0) is 29.8 Å². The monoisotopic (exact) mass is 373 g/mol. The molecule has 3 aromatic rings. The highest BCUT2D eigenvalue weighted by Gasteiger charge is 2.16. The normalized spacial score (nSPS) is 10.8. The first-order valence-electron chi connectivity index (χ1n) is 7.35. The Morgan fingerprint density at radius 2 is 1.96 bits per heavy atom. The van der Waals surface area contributed by atoms with Crippen LogP contribution in [0.5, 0.6) is 5.75 Å². The molecule has 2 amide bonds. The van der Waals surface area contributed by atoms with E-state index < -0.39 is 11.8 Å². The van der Waals surface area contributed by atoms with Crippen molar-refractivity contribution in [3.63, 3.8) is 0 Å². The van der Waals surface area contributed by atoms with Crippen LogP contribution in [-0.4, -0.2) is 27.7 Å². The Bertz CT molecular complexity index is 969. The highest BCUT2D eigenvalue weighted by Crippen LogP contribution is 2.33. The zero-order valence-electron chi connectivity index (χ0n) is 13.3. The van der Waals surface area contributed by atoms with Crippen LogP contribution >= 0.6 is 23.1 Å². The fourth-order valence-electron chi connectivity index (χ4n) is 2.28. The molecule has 3 rings (SSSR count). The number of phenols is 1. The van der Waals surface area contributed by atoms with Gasteiger partial charge in [-0.3, -0.25) is 14.9 Å². The lowest BCUT2D eigenvalue weighted by molar-refractivity contribution is -0.115. The highest BCUT2D eigenvalue weighted by atomic mass is 32.2. The van der Waals surface area contributed by atoms with Gasteiger partial charge >= 0.3 is 0 Å². The van der Waals surface area contributed by atoms with Gasteiger partial charge in [0, 0.05) is 0 Å². The van der Waals surface area contributed by atoms with Gasteiger partial charge in [-0.2, -0.15) is 0 Å². The number of amides is 2. The summed E-state index contributed by atoms with van der Waals surface area (Å²) in [5.41, 5.74) is 6.04. The number of rotatable bonds is 5. The second-order valence-corrected chi connectivity index (χ2v) is 7.56. The number of thioether (sulfide) groups is 1. The molecule has 1 aromatic heterocycles. The summed E-state index contributed by atoms with van der Waals surface area (Å²) in [6.45, 7) is 1.79. The first kappa shape index (κ1) is 17.2. The Kier molecular flexibility index (Phi) is 4.91. The van der Waals surface area contributed by atoms with Crippen LogP contribution in [0.25, 0.3) is 10.8 Å². The summed E-state index contributed by atoms with van der Waals surface area (Å²) in [6, 6.07) is 10.7. The van der Waals surface area contributed by atoms with E-state index in [-0.39, 0.29) is 17.1 Å². The summed E-state index contributed by atoms with van der Waals surface area (Å²) in [7, 11) is 0. The van der Waals surface area contributed by atoms with Crippen molar-refractivity contribution in [3.8, 4) is 5.75 Å². The molecule has 0 unspecified atom stereocenters. The van der Waals surface area contributed by atoms with Gasteiger partial charge in [0.1, 0.15) is 5.75 Å². The van der Waals surface area contributed by atoms with Gasteiger partial charge in [0.15, 0.2) is 5.13 Å². The predicted molar refractivity (Wildman–Crippen MR) is 100 cm³/mol. The first-order valence-corrected chi connectivity index (χ1v) is 9.16. The predicted octanol–water partition coefficient (Wildman–Crippen LogP) is 3.14. The number of benzene rings is 2. The van der Waals surface area contributed by atoms with Gasteiger partial charge in [0.05, 0.1) is 21.2 Å². The van der Waals surface area contributed by atoms with Crippen LogP contribution in [0.15, 0.2) is 40.6 Å². The SMILES string of the molecule is Cc1nc(NC(=O)c2cc3ccccc3cc2O)sc1SCC(N)=O. The number of aryl methyl sites for hydroxylation is 1. The van der Waals surface area contributed by atoms with Crippen LogP contribution in [0, 0.1) is 6.92 Å². The lowest BCUT2D eigenvalue weighted by Gasteiger charge is -2.06. The summed E-state index contributed by atoms with van der Waals surface area (Å²) < 4.78 is 0.817. The topological polar surface area (TPSA) is 105 Å². The second-order valence-electron chi connectivity index (χ2n) is 5.32. The van der Waals surface area contributed by atoms with Crippen molar-refractivity contribution in [2.75, 3.05) is 11.1 Å². The van der Waals surface area contributed by atoms with E-state index in [1.807, 2.05) is 24.3 Å². The Balaban J connectivity index is 1.81. The molecule has 0 aliphatic heterocycles. The third-order valence-electron chi connectivity index (χ3n) is 3.43. The van der Waals surface area contributed by atoms with Gasteiger partial charge in [-0.1, -0.05) is 35.6 Å². The molecular formula is C17H15N3O3S2. The van der Waals surface area contributed by atoms with Crippen molar-refractivity contribution in [3.05, 3.63) is 47.7 Å². The third kappa shape index (κ3) is 3.92. The Morgan fingerprint density at radius 3 is 2.64 bits per heavy atom. The number of nitrogens with one attached hydrogen (secondary N) is 1. The fourth-order valence-corrected chi connectivity index (χ4v) is 4.15. The van der Waals surface area contributed by atoms with Gasteiger partial charge in [0.2, 0.25) is 5.91 Å². The van der Waals surface area contributed by atoms with Crippen molar-refractivity contribution in [2.24, 2.45) is 5.73 Å². The van der Waals surface area contributed by atoms with Gasteiger partial charge in [-0.25, -0.2) is 4.98 Å². The van der Waals surface area contributed by atoms with Crippen LogP contribution in [0.2, 0.25) is 0 Å². The molecule has 1 heterocycles. The Hall–Kier alpha value is -2.58. The molecule has 0 spiro atoms. The molecule has 6 nitrogen and oxygen atoms in total. The molecule has 128 valence electrons. The number of thiazole rings is 1. The zero-order chi connectivity index (χ0) is 18.0. The van der Waals surface area contributed by atoms with Crippen LogP contribution < -0.4 is 11.1 Å². The molecule has 0 aliphatic carbocycles. The van der Waals surface area contributed by atoms with Crippen molar-refractivity contribution >= 4 is 50.8 Å². The van der Waals surface area contributed by atoms with E-state index in [0.717, 1.165) is 15.0 Å². The van der Waals surface area contributed by atoms with E-state index in [0.29, 0.717) is 10.8 Å². The van der Waals surface area contributed by atoms with E-state index in [1.54, 1.807) is 19.1 Å². The van der Waals surface area contributed by atoms with Crippen LogP contribution in [-0.2, 0) is 4.79 Å². The number of nitrogens with zero attached hydrogens (tertiary/aromatic N) is 1. The van der Waals surface area contributed by atoms with Gasteiger partial charge < -0.3 is 10.8 Å². The minimum absolute atomic E-state index is 0.0900. The highest BCUT2D eigenvalue weighted by molar-refractivity contribution is 8.01. The molecule has 0 atom stereocenters. The number of aromatic nitrogens is 1. The number of fused-ring (bicyclic) bond motifs is 1. The standard InChI is InChI=1S/C17H15N3O3S2/c1-9-16(24-8-14(18)22)25-17(19-9)20-15(23)12-6-10-4-2-3-5-11(10)7-13(12)21/h2-7,21H,8H2,1H3,(H2,18,22)(H,19,20,23). The number of nitrogens with two attached hydrogens (primary N) is 1. The summed E-state index contributed by atoms with van der Waals surface area (Å²) >= 11 is 2.55. The Labute approximate surface area is 152 Å². The number of primary amides is 1. The van der Waals surface area contributed by atoms with Crippen molar-refractivity contribution in [2.45, 2.75) is 11.1 Å². The molecule has 0 fully saturated rings. The van der Waals surface area contributed by atoms with Crippen molar-refractivity contribution in [1.82, 2.24) is 4.98 Å². The number of anilines is 1. The number of aromatic hydroxyl groups is 1. The van der Waals surface area contributed by atoms with E-state index >= 15 is 0 Å². The molecule has 4 N–H and O–H groups in total. The minimum Gasteiger partial charge on any atom is -0.507 e. The maximum atomic E-state index is 12.5. The number of hydrogen-bond acceptors (Lipinski definition) is 6. The van der Waals surface area contributed by atoms with Gasteiger partial charge in [0.25, 0.3) is 5.91 Å². The van der Waals surface area contributed by atoms with Crippen LogP contribution in [0.4, 0.5) is 5.13 Å². The number of hydrogen-bond donors (Lipinski definition) is 3. The van der Waals surface area contributed by atoms with E-state index in [9.17, 15) is 14.7 Å². The lowest BCUT2D eigenvalue weighted by atomic mass is 10.1. The quantitative estimate of drug-likeness (QED) is 0.596. The van der Waals surface area contributed by atoms with Gasteiger partial charge in [-0.15, -0.1) is 11.8 Å². The van der Waals surface area contributed by atoms with Crippen molar-refractivity contribution < 1.29 is 14.7 Å². The fraction of sp³-hybridized carbons (Fsp3) is 0.118. The zero-order valence-corrected chi connectivity index (χ0v) is 14.9. The van der Waals surface area contributed by atoms with Crippen LogP contribution in [0.3, 0.4) is 0 Å². The molecule has 25 heavy (non-hydrogen) atoms. The maximum Gasteiger partial charge on any atom is 0.261 e. The average Bonchev–Trinajstić information content (AvgIpc) is 2.91. The molecular weight excluding hydrogens is 358 g/mol. The molecule has 0 aliphatic rings. The molecule has 0 radical (unpaired) electrons. The molecule has 0 saturated carbocycles. The molecule has 2 aromatic carbocycles. The molecule has 0 saturated heterocycles. The van der Waals surface area contributed by atoms with E-state index in [2.05, 4.69) is 10.3 Å². The molecule has 0 bridgehead atoms. The van der Waals surface area contributed by atoms with Crippen molar-refractivity contribution in [1.29, 1.82) is 0 Å². The summed E-state index contributed by atoms with van der Waals surface area (Å²) in [6.07, 6.45) is 0. The summed E-state index contributed by atoms with van der Waals surface area (Å²) in [5.74, 6) is -0.789. The maximum absolute atomic E-state index is 12.5. The summed E-state index contributed by atoms with van der Waals surface area (Å²) in [4.78, 5) is 27.6. The molecule has 8 heteroatoms.